The minimum absolute atomic E-state index is 0.0674. The number of hydrogen-bond donors (Lipinski definition) is 1. The molecule has 0 unspecified atom stereocenters. The van der Waals surface area contributed by atoms with Crippen molar-refractivity contribution in [2.24, 2.45) is 7.05 Å². The summed E-state index contributed by atoms with van der Waals surface area (Å²) < 4.78 is 7.43. The molecule has 2 atom stereocenters. The normalized spacial score (nSPS) is 19.4. The third kappa shape index (κ3) is 3.53. The molecule has 1 fully saturated rings. The standard InChI is InChI=1S/C17H22N4O2/c1-13-12-21(10-11-23-13)17(22)19-15(14-6-4-3-5-7-14)16-18-8-9-20(16)2/h3-9,13,15H,10-12H2,1-2H3,(H,19,22)/t13-,15+/m1/s1. The van der Waals surface area contributed by atoms with Crippen LogP contribution in [0.4, 0.5) is 4.79 Å². The van der Waals surface area contributed by atoms with Crippen molar-refractivity contribution in [1.29, 1.82) is 0 Å². The molecule has 1 aromatic heterocycles. The van der Waals surface area contributed by atoms with Gasteiger partial charge in [0.1, 0.15) is 11.9 Å². The van der Waals surface area contributed by atoms with Crippen molar-refractivity contribution < 1.29 is 9.53 Å². The number of nitrogens with zero attached hydrogens (tertiary/aromatic N) is 3. The van der Waals surface area contributed by atoms with Gasteiger partial charge in [-0.2, -0.15) is 0 Å². The number of nitrogens with one attached hydrogen (secondary N) is 1. The van der Waals surface area contributed by atoms with Crippen molar-refractivity contribution >= 4 is 6.03 Å². The van der Waals surface area contributed by atoms with E-state index in [0.717, 1.165) is 11.4 Å². The molecule has 1 saturated heterocycles. The molecule has 1 aliphatic heterocycles. The average molecular weight is 314 g/mol. The highest BCUT2D eigenvalue weighted by atomic mass is 16.5. The molecule has 1 N–H and O–H groups in total. The predicted octanol–water partition coefficient (Wildman–Crippen LogP) is 1.94. The van der Waals surface area contributed by atoms with Crippen LogP contribution in [0.15, 0.2) is 42.7 Å². The van der Waals surface area contributed by atoms with Crippen molar-refractivity contribution in [3.05, 3.63) is 54.1 Å². The second kappa shape index (κ2) is 6.83. The van der Waals surface area contributed by atoms with Gasteiger partial charge < -0.3 is 19.5 Å². The van der Waals surface area contributed by atoms with Crippen LogP contribution in [0.5, 0.6) is 0 Å². The van der Waals surface area contributed by atoms with Crippen LogP contribution in [0.2, 0.25) is 0 Å². The molecule has 6 nitrogen and oxygen atoms in total. The number of ether oxygens (including phenoxy) is 1. The first kappa shape index (κ1) is 15.6. The smallest absolute Gasteiger partial charge is 0.318 e. The zero-order valence-corrected chi connectivity index (χ0v) is 13.5. The zero-order valence-electron chi connectivity index (χ0n) is 13.5. The zero-order chi connectivity index (χ0) is 16.2. The first-order chi connectivity index (χ1) is 11.1. The maximum absolute atomic E-state index is 12.7. The highest BCUT2D eigenvalue weighted by molar-refractivity contribution is 5.75. The van der Waals surface area contributed by atoms with E-state index in [-0.39, 0.29) is 18.2 Å². The van der Waals surface area contributed by atoms with Crippen LogP contribution in [-0.4, -0.2) is 46.3 Å². The summed E-state index contributed by atoms with van der Waals surface area (Å²) in [5.41, 5.74) is 1.01. The summed E-state index contributed by atoms with van der Waals surface area (Å²) in [6.07, 6.45) is 3.69. The summed E-state index contributed by atoms with van der Waals surface area (Å²) in [5.74, 6) is 0.811. The van der Waals surface area contributed by atoms with E-state index in [1.807, 2.05) is 55.1 Å². The maximum Gasteiger partial charge on any atom is 0.318 e. The molecule has 2 aromatic rings. The molecule has 0 spiro atoms. The molecule has 3 rings (SSSR count). The summed E-state index contributed by atoms with van der Waals surface area (Å²) in [4.78, 5) is 18.9. The lowest BCUT2D eigenvalue weighted by Crippen LogP contribution is -2.50. The van der Waals surface area contributed by atoms with Gasteiger partial charge >= 0.3 is 6.03 Å². The lowest BCUT2D eigenvalue weighted by Gasteiger charge is -2.32. The Morgan fingerprint density at radius 3 is 2.83 bits per heavy atom. The quantitative estimate of drug-likeness (QED) is 0.942. The minimum atomic E-state index is -0.276. The lowest BCUT2D eigenvalue weighted by molar-refractivity contribution is -0.00376. The molecule has 23 heavy (non-hydrogen) atoms. The Morgan fingerprint density at radius 1 is 1.39 bits per heavy atom. The number of urea groups is 1. The molecule has 6 heteroatoms. The SMILES string of the molecule is C[C@@H]1CN(C(=O)N[C@@H](c2ccccc2)c2nccn2C)CCO1. The molecular weight excluding hydrogens is 292 g/mol. The third-order valence-corrected chi connectivity index (χ3v) is 4.05. The second-order valence-electron chi connectivity index (χ2n) is 5.82. The molecule has 0 saturated carbocycles. The van der Waals surface area contributed by atoms with Crippen LogP contribution in [0.1, 0.15) is 24.4 Å². The fourth-order valence-electron chi connectivity index (χ4n) is 2.82. The number of hydrogen-bond acceptors (Lipinski definition) is 3. The number of benzene rings is 1. The Bertz CT molecular complexity index is 656. The summed E-state index contributed by atoms with van der Waals surface area (Å²) in [6.45, 7) is 3.77. The van der Waals surface area contributed by atoms with Gasteiger partial charge in [-0.15, -0.1) is 0 Å². The highest BCUT2D eigenvalue weighted by Gasteiger charge is 2.26. The van der Waals surface area contributed by atoms with Gasteiger partial charge in [0.25, 0.3) is 0 Å². The van der Waals surface area contributed by atoms with E-state index >= 15 is 0 Å². The number of amides is 2. The molecule has 122 valence electrons. The minimum Gasteiger partial charge on any atom is -0.375 e. The number of imidazole rings is 1. The Morgan fingerprint density at radius 2 is 2.17 bits per heavy atom. The number of carbonyl (C=O) groups is 1. The van der Waals surface area contributed by atoms with Gasteiger partial charge in [-0.1, -0.05) is 30.3 Å². The van der Waals surface area contributed by atoms with Crippen molar-refractivity contribution in [2.75, 3.05) is 19.7 Å². The Balaban J connectivity index is 1.82. The van der Waals surface area contributed by atoms with E-state index in [1.54, 1.807) is 11.1 Å². The molecular formula is C17H22N4O2. The Hall–Kier alpha value is -2.34. The lowest BCUT2D eigenvalue weighted by atomic mass is 10.1. The summed E-state index contributed by atoms with van der Waals surface area (Å²) in [5, 5.41) is 3.11. The van der Waals surface area contributed by atoms with Crippen LogP contribution in [0.25, 0.3) is 0 Å². The van der Waals surface area contributed by atoms with Crippen LogP contribution in [0, 0.1) is 0 Å². The van der Waals surface area contributed by atoms with Gasteiger partial charge in [0.2, 0.25) is 0 Å². The molecule has 1 aromatic carbocycles. The summed E-state index contributed by atoms with van der Waals surface area (Å²) in [7, 11) is 1.93. The fraction of sp³-hybridized carbons (Fsp3) is 0.412. The maximum atomic E-state index is 12.7. The fourth-order valence-corrected chi connectivity index (χ4v) is 2.82. The van der Waals surface area contributed by atoms with E-state index in [1.165, 1.54) is 0 Å². The van der Waals surface area contributed by atoms with Gasteiger partial charge in [0, 0.05) is 32.5 Å². The number of morpholine rings is 1. The van der Waals surface area contributed by atoms with E-state index in [9.17, 15) is 4.79 Å². The van der Waals surface area contributed by atoms with Crippen LogP contribution in [0.3, 0.4) is 0 Å². The molecule has 0 bridgehead atoms. The topological polar surface area (TPSA) is 59.4 Å². The van der Waals surface area contributed by atoms with Crippen molar-refractivity contribution in [3.8, 4) is 0 Å². The van der Waals surface area contributed by atoms with E-state index < -0.39 is 0 Å². The van der Waals surface area contributed by atoms with E-state index in [4.69, 9.17) is 4.74 Å². The number of aryl methyl sites for hydroxylation is 1. The number of rotatable bonds is 3. The average Bonchev–Trinajstić information content (AvgIpc) is 2.99. The monoisotopic (exact) mass is 314 g/mol. The Labute approximate surface area is 136 Å². The van der Waals surface area contributed by atoms with Gasteiger partial charge in [0.05, 0.1) is 12.7 Å². The first-order valence-corrected chi connectivity index (χ1v) is 7.84. The summed E-state index contributed by atoms with van der Waals surface area (Å²) >= 11 is 0. The summed E-state index contributed by atoms with van der Waals surface area (Å²) in [6, 6.07) is 9.54. The van der Waals surface area contributed by atoms with Gasteiger partial charge in [-0.3, -0.25) is 0 Å². The van der Waals surface area contributed by atoms with Gasteiger partial charge in [-0.25, -0.2) is 9.78 Å². The predicted molar refractivity (Wildman–Crippen MR) is 87.0 cm³/mol. The van der Waals surface area contributed by atoms with E-state index in [0.29, 0.717) is 19.7 Å². The highest BCUT2D eigenvalue weighted by Crippen LogP contribution is 2.20. The largest absolute Gasteiger partial charge is 0.375 e. The van der Waals surface area contributed by atoms with E-state index in [2.05, 4.69) is 10.3 Å². The van der Waals surface area contributed by atoms with Crippen molar-refractivity contribution in [1.82, 2.24) is 19.8 Å². The molecule has 2 heterocycles. The van der Waals surface area contributed by atoms with Crippen LogP contribution in [-0.2, 0) is 11.8 Å². The van der Waals surface area contributed by atoms with Crippen molar-refractivity contribution in [2.45, 2.75) is 19.1 Å². The molecule has 2 amide bonds. The van der Waals surface area contributed by atoms with Crippen LogP contribution < -0.4 is 5.32 Å². The van der Waals surface area contributed by atoms with Gasteiger partial charge in [0.15, 0.2) is 0 Å². The van der Waals surface area contributed by atoms with Gasteiger partial charge in [-0.05, 0) is 12.5 Å². The molecule has 1 aliphatic rings. The second-order valence-corrected chi connectivity index (χ2v) is 5.82. The third-order valence-electron chi connectivity index (χ3n) is 4.05. The molecule has 0 radical (unpaired) electrons. The number of aromatic nitrogens is 2. The molecule has 0 aliphatic carbocycles. The Kier molecular flexibility index (Phi) is 4.62. The van der Waals surface area contributed by atoms with Crippen LogP contribution >= 0.6 is 0 Å². The van der Waals surface area contributed by atoms with Crippen molar-refractivity contribution in [3.63, 3.8) is 0 Å². The number of carbonyl (C=O) groups excluding carboxylic acids is 1. The first-order valence-electron chi connectivity index (χ1n) is 7.84.